The van der Waals surface area contributed by atoms with Gasteiger partial charge in [0.05, 0.1) is 18.9 Å². The molecule has 1 N–H and O–H groups in total. The average Bonchev–Trinajstić information content (AvgIpc) is 3.01. The molecular formula is C15H16N4O6S. The Morgan fingerprint density at radius 1 is 1.15 bits per heavy atom. The van der Waals surface area contributed by atoms with E-state index >= 15 is 0 Å². The average molecular weight is 380 g/mol. The topological polar surface area (TPSA) is 125 Å². The van der Waals surface area contributed by atoms with E-state index < -0.39 is 21.4 Å². The fraction of sp³-hybridized carbons (Fsp3) is 0.267. The molecule has 1 aromatic carbocycles. The monoisotopic (exact) mass is 380 g/mol. The molecule has 26 heavy (non-hydrogen) atoms. The van der Waals surface area contributed by atoms with E-state index in [2.05, 4.69) is 9.97 Å². The van der Waals surface area contributed by atoms with E-state index in [0.717, 1.165) is 10.8 Å². The molecule has 0 saturated carbocycles. The van der Waals surface area contributed by atoms with Crippen LogP contribution < -0.4 is 20.2 Å². The molecule has 10 nitrogen and oxygen atoms in total. The molecule has 0 unspecified atom stereocenters. The summed E-state index contributed by atoms with van der Waals surface area (Å²) in [5, 5.41) is 0. The van der Waals surface area contributed by atoms with Crippen LogP contribution in [0, 0.1) is 0 Å². The molecule has 11 heteroatoms. The smallest absolute Gasteiger partial charge is 0.332 e. The summed E-state index contributed by atoms with van der Waals surface area (Å²) in [6.45, 7) is 0. The Kier molecular flexibility index (Phi) is 4.11. The lowest BCUT2D eigenvalue weighted by atomic mass is 10.2. The van der Waals surface area contributed by atoms with E-state index in [-0.39, 0.29) is 22.7 Å². The van der Waals surface area contributed by atoms with Gasteiger partial charge in [0.15, 0.2) is 5.65 Å². The highest BCUT2D eigenvalue weighted by Gasteiger charge is 2.17. The first-order valence-electron chi connectivity index (χ1n) is 7.36. The van der Waals surface area contributed by atoms with E-state index in [1.54, 1.807) is 6.07 Å². The van der Waals surface area contributed by atoms with E-state index in [0.29, 0.717) is 11.4 Å². The molecule has 0 bridgehead atoms. The molecule has 0 radical (unpaired) electrons. The zero-order valence-electron chi connectivity index (χ0n) is 14.4. The van der Waals surface area contributed by atoms with Crippen LogP contribution in [0.15, 0.2) is 27.8 Å². The Balaban J connectivity index is 2.21. The molecule has 3 rings (SSSR count). The molecule has 0 saturated heterocycles. The van der Waals surface area contributed by atoms with Crippen LogP contribution in [-0.4, -0.2) is 40.9 Å². The Morgan fingerprint density at radius 2 is 1.85 bits per heavy atom. The van der Waals surface area contributed by atoms with Crippen molar-refractivity contribution in [2.75, 3.05) is 13.4 Å². The van der Waals surface area contributed by atoms with Crippen molar-refractivity contribution >= 4 is 21.3 Å². The van der Waals surface area contributed by atoms with Crippen molar-refractivity contribution in [1.82, 2.24) is 19.1 Å². The van der Waals surface area contributed by atoms with Crippen LogP contribution >= 0.6 is 0 Å². The van der Waals surface area contributed by atoms with Crippen LogP contribution in [0.1, 0.15) is 0 Å². The number of ether oxygens (including phenoxy) is 1. The number of benzene rings is 1. The van der Waals surface area contributed by atoms with Crippen molar-refractivity contribution in [2.45, 2.75) is 0 Å². The molecular weight excluding hydrogens is 364 g/mol. The highest BCUT2D eigenvalue weighted by atomic mass is 32.2. The quantitative estimate of drug-likeness (QED) is 0.630. The van der Waals surface area contributed by atoms with E-state index in [1.807, 2.05) is 0 Å². The van der Waals surface area contributed by atoms with E-state index in [1.165, 1.54) is 37.9 Å². The Labute approximate surface area is 147 Å². The summed E-state index contributed by atoms with van der Waals surface area (Å²) in [5.74, 6) is 0.653. The summed E-state index contributed by atoms with van der Waals surface area (Å²) in [4.78, 5) is 31.5. The van der Waals surface area contributed by atoms with Gasteiger partial charge >= 0.3 is 15.8 Å². The lowest BCUT2D eigenvalue weighted by Gasteiger charge is -2.09. The van der Waals surface area contributed by atoms with Gasteiger partial charge in [-0.15, -0.1) is 0 Å². The summed E-state index contributed by atoms with van der Waals surface area (Å²) < 4.78 is 34.9. The highest BCUT2D eigenvalue weighted by Crippen LogP contribution is 2.32. The zero-order chi connectivity index (χ0) is 19.2. The van der Waals surface area contributed by atoms with Gasteiger partial charge in [0.1, 0.15) is 22.8 Å². The van der Waals surface area contributed by atoms with Crippen LogP contribution in [0.5, 0.6) is 11.5 Å². The van der Waals surface area contributed by atoms with Crippen LogP contribution in [0.25, 0.3) is 22.6 Å². The first-order chi connectivity index (χ1) is 12.1. The minimum absolute atomic E-state index is 0.0764. The maximum Gasteiger partial charge on any atom is 0.332 e. The van der Waals surface area contributed by atoms with Gasteiger partial charge in [-0.1, -0.05) is 0 Å². The summed E-state index contributed by atoms with van der Waals surface area (Å²) in [5.41, 5.74) is -0.156. The standard InChI is InChI=1S/C15H16N4O6S/c1-18-13-11(14(20)19(2)15(18)21)16-12(17-13)9-6-5-8(7-10(9)24-3)25-26(4,22)23/h5-7H,1-4H3,(H,16,17). The minimum Gasteiger partial charge on any atom is -0.496 e. The third-order valence-corrected chi connectivity index (χ3v) is 4.27. The summed E-state index contributed by atoms with van der Waals surface area (Å²) in [6.07, 6.45) is 0.933. The normalized spacial score (nSPS) is 11.7. The van der Waals surface area contributed by atoms with Crippen molar-refractivity contribution < 1.29 is 17.3 Å². The van der Waals surface area contributed by atoms with Gasteiger partial charge in [-0.3, -0.25) is 13.9 Å². The third kappa shape index (κ3) is 2.96. The highest BCUT2D eigenvalue weighted by molar-refractivity contribution is 7.86. The number of fused-ring (bicyclic) bond motifs is 1. The number of methoxy groups -OCH3 is 1. The van der Waals surface area contributed by atoms with Crippen LogP contribution in [0.2, 0.25) is 0 Å². The second-order valence-corrected chi connectivity index (χ2v) is 7.21. The second-order valence-electron chi connectivity index (χ2n) is 5.64. The molecule has 138 valence electrons. The molecule has 2 heterocycles. The van der Waals surface area contributed by atoms with Gasteiger partial charge in [-0.2, -0.15) is 8.42 Å². The van der Waals surface area contributed by atoms with Crippen molar-refractivity contribution in [1.29, 1.82) is 0 Å². The van der Waals surface area contributed by atoms with Crippen LogP contribution in [0.4, 0.5) is 0 Å². The van der Waals surface area contributed by atoms with Gasteiger partial charge in [0.25, 0.3) is 5.56 Å². The van der Waals surface area contributed by atoms with Gasteiger partial charge in [0, 0.05) is 20.2 Å². The molecule has 0 spiro atoms. The molecule has 3 aromatic rings. The fourth-order valence-corrected chi connectivity index (χ4v) is 3.00. The number of aromatic nitrogens is 4. The SMILES string of the molecule is COc1cc(OS(C)(=O)=O)ccc1-c1nc2c([nH]1)c(=O)n(C)c(=O)n2C. The van der Waals surface area contributed by atoms with Crippen molar-refractivity contribution in [2.24, 2.45) is 14.1 Å². The Bertz CT molecular complexity index is 1240. The molecule has 0 aliphatic carbocycles. The van der Waals surface area contributed by atoms with Crippen molar-refractivity contribution in [3.05, 3.63) is 39.0 Å². The predicted molar refractivity (Wildman–Crippen MR) is 94.0 cm³/mol. The predicted octanol–water partition coefficient (Wildman–Crippen LogP) is -0.0257. The maximum absolute atomic E-state index is 12.3. The Hall–Kier alpha value is -3.08. The molecule has 0 aliphatic rings. The number of rotatable bonds is 4. The number of aryl methyl sites for hydroxylation is 1. The summed E-state index contributed by atoms with van der Waals surface area (Å²) >= 11 is 0. The maximum atomic E-state index is 12.3. The molecule has 0 aliphatic heterocycles. The lowest BCUT2D eigenvalue weighted by molar-refractivity contribution is 0.413. The molecule has 0 amide bonds. The number of imidazole rings is 1. The van der Waals surface area contributed by atoms with Crippen LogP contribution in [0.3, 0.4) is 0 Å². The van der Waals surface area contributed by atoms with Gasteiger partial charge in [-0.25, -0.2) is 9.78 Å². The molecule has 2 aromatic heterocycles. The lowest BCUT2D eigenvalue weighted by Crippen LogP contribution is -2.36. The number of nitrogens with one attached hydrogen (secondary N) is 1. The second kappa shape index (κ2) is 6.02. The molecule has 0 fully saturated rings. The number of hydrogen-bond acceptors (Lipinski definition) is 7. The number of hydrogen-bond donors (Lipinski definition) is 1. The molecule has 0 atom stereocenters. The number of nitrogens with zero attached hydrogens (tertiary/aromatic N) is 3. The van der Waals surface area contributed by atoms with E-state index in [9.17, 15) is 18.0 Å². The van der Waals surface area contributed by atoms with Gasteiger partial charge < -0.3 is 13.9 Å². The van der Waals surface area contributed by atoms with E-state index in [4.69, 9.17) is 8.92 Å². The third-order valence-electron chi connectivity index (χ3n) is 3.77. The first kappa shape index (κ1) is 17.7. The van der Waals surface area contributed by atoms with Gasteiger partial charge in [0.2, 0.25) is 0 Å². The summed E-state index contributed by atoms with van der Waals surface area (Å²) in [7, 11) is 0.608. The fourth-order valence-electron chi connectivity index (χ4n) is 2.55. The first-order valence-corrected chi connectivity index (χ1v) is 9.17. The Morgan fingerprint density at radius 3 is 2.46 bits per heavy atom. The van der Waals surface area contributed by atoms with Crippen LogP contribution in [-0.2, 0) is 24.2 Å². The largest absolute Gasteiger partial charge is 0.496 e. The van der Waals surface area contributed by atoms with Crippen molar-refractivity contribution in [3.8, 4) is 22.9 Å². The number of H-pyrrole nitrogens is 1. The number of aromatic amines is 1. The minimum atomic E-state index is -3.68. The summed E-state index contributed by atoms with van der Waals surface area (Å²) in [6, 6.07) is 4.36. The zero-order valence-corrected chi connectivity index (χ0v) is 15.2. The van der Waals surface area contributed by atoms with Crippen molar-refractivity contribution in [3.63, 3.8) is 0 Å². The van der Waals surface area contributed by atoms with Gasteiger partial charge in [-0.05, 0) is 12.1 Å².